The molecule has 2 heterocycles. The zero-order valence-electron chi connectivity index (χ0n) is 8.59. The van der Waals surface area contributed by atoms with Crippen molar-refractivity contribution in [1.82, 2.24) is 9.55 Å². The molecule has 0 bridgehead atoms. The maximum Gasteiger partial charge on any atom is 0.333 e. The zero-order chi connectivity index (χ0) is 10.8. The Morgan fingerprint density at radius 2 is 2.60 bits per heavy atom. The Balaban J connectivity index is 2.06. The first-order valence-corrected chi connectivity index (χ1v) is 4.99. The van der Waals surface area contributed by atoms with Gasteiger partial charge in [0.2, 0.25) is 0 Å². The molecule has 1 N–H and O–H groups in total. The fraction of sp³-hybridized carbons (Fsp3) is 0.600. The number of hydrogen-bond donors (Lipinski definition) is 1. The molecule has 1 aromatic heterocycles. The van der Waals surface area contributed by atoms with Crippen LogP contribution in [0.3, 0.4) is 0 Å². The second-order valence-corrected chi connectivity index (χ2v) is 3.87. The average molecular weight is 210 g/mol. The van der Waals surface area contributed by atoms with Crippen LogP contribution in [0.1, 0.15) is 12.1 Å². The highest BCUT2D eigenvalue weighted by Crippen LogP contribution is 2.23. The van der Waals surface area contributed by atoms with E-state index in [-0.39, 0.29) is 5.92 Å². The molecule has 82 valence electrons. The van der Waals surface area contributed by atoms with E-state index in [9.17, 15) is 4.79 Å². The molecule has 2 unspecified atom stereocenters. The number of aliphatic carboxylic acids is 1. The Morgan fingerprint density at radius 1 is 1.80 bits per heavy atom. The molecule has 0 aromatic carbocycles. The lowest BCUT2D eigenvalue weighted by Gasteiger charge is -2.15. The van der Waals surface area contributed by atoms with Crippen LogP contribution < -0.4 is 0 Å². The SMILES string of the molecule is Cc1cncn1CC1CCOC1C(=O)O. The Bertz CT molecular complexity index is 361. The highest BCUT2D eigenvalue weighted by Gasteiger charge is 2.34. The lowest BCUT2D eigenvalue weighted by Crippen LogP contribution is -2.29. The number of carbonyl (C=O) groups is 1. The van der Waals surface area contributed by atoms with Crippen LogP contribution in [-0.2, 0) is 16.1 Å². The predicted molar refractivity (Wildman–Crippen MR) is 52.4 cm³/mol. The van der Waals surface area contributed by atoms with Crippen LogP contribution in [0.25, 0.3) is 0 Å². The minimum absolute atomic E-state index is 0.0513. The van der Waals surface area contributed by atoms with Gasteiger partial charge in [-0.3, -0.25) is 0 Å². The predicted octanol–water partition coefficient (Wildman–Crippen LogP) is 0.681. The molecule has 15 heavy (non-hydrogen) atoms. The number of aromatic nitrogens is 2. The third kappa shape index (κ3) is 2.02. The number of imidazole rings is 1. The quantitative estimate of drug-likeness (QED) is 0.796. The molecule has 1 aliphatic rings. The summed E-state index contributed by atoms with van der Waals surface area (Å²) in [6, 6.07) is 0. The molecular weight excluding hydrogens is 196 g/mol. The molecule has 1 saturated heterocycles. The first kappa shape index (κ1) is 10.2. The highest BCUT2D eigenvalue weighted by atomic mass is 16.5. The van der Waals surface area contributed by atoms with E-state index in [4.69, 9.17) is 9.84 Å². The molecule has 0 radical (unpaired) electrons. The zero-order valence-corrected chi connectivity index (χ0v) is 8.59. The van der Waals surface area contributed by atoms with Crippen LogP contribution in [0.15, 0.2) is 12.5 Å². The maximum absolute atomic E-state index is 10.9. The number of carboxylic acids is 1. The average Bonchev–Trinajstić information content (AvgIpc) is 2.77. The number of rotatable bonds is 3. The lowest BCUT2D eigenvalue weighted by molar-refractivity contribution is -0.149. The summed E-state index contributed by atoms with van der Waals surface area (Å²) < 4.78 is 7.15. The highest BCUT2D eigenvalue weighted by molar-refractivity contribution is 5.73. The van der Waals surface area contributed by atoms with Gasteiger partial charge in [-0.25, -0.2) is 9.78 Å². The summed E-state index contributed by atoms with van der Waals surface area (Å²) in [4.78, 5) is 14.9. The monoisotopic (exact) mass is 210 g/mol. The number of carboxylic acid groups (broad SMARTS) is 1. The normalized spacial score (nSPS) is 25.7. The molecule has 0 amide bonds. The van der Waals surface area contributed by atoms with Gasteiger partial charge >= 0.3 is 5.97 Å². The van der Waals surface area contributed by atoms with Crippen LogP contribution in [0.5, 0.6) is 0 Å². The molecule has 2 rings (SSSR count). The van der Waals surface area contributed by atoms with E-state index in [2.05, 4.69) is 4.98 Å². The van der Waals surface area contributed by atoms with Gasteiger partial charge in [0.25, 0.3) is 0 Å². The molecular formula is C10H14N2O3. The van der Waals surface area contributed by atoms with Gasteiger partial charge in [0.1, 0.15) is 0 Å². The van der Waals surface area contributed by atoms with Gasteiger partial charge in [0.05, 0.1) is 6.33 Å². The van der Waals surface area contributed by atoms with Crippen molar-refractivity contribution in [2.45, 2.75) is 26.0 Å². The number of aryl methyl sites for hydroxylation is 1. The fourth-order valence-electron chi connectivity index (χ4n) is 1.92. The second-order valence-electron chi connectivity index (χ2n) is 3.87. The van der Waals surface area contributed by atoms with Crippen molar-refractivity contribution in [2.75, 3.05) is 6.61 Å². The first-order chi connectivity index (χ1) is 7.18. The van der Waals surface area contributed by atoms with Crippen LogP contribution in [0, 0.1) is 12.8 Å². The van der Waals surface area contributed by atoms with Crippen LogP contribution in [0.4, 0.5) is 0 Å². The maximum atomic E-state index is 10.9. The van der Waals surface area contributed by atoms with E-state index in [1.54, 1.807) is 12.5 Å². The molecule has 1 fully saturated rings. The van der Waals surface area contributed by atoms with E-state index < -0.39 is 12.1 Å². The number of nitrogens with zero attached hydrogens (tertiary/aromatic N) is 2. The smallest absolute Gasteiger partial charge is 0.333 e. The van der Waals surface area contributed by atoms with Gasteiger partial charge in [-0.1, -0.05) is 0 Å². The van der Waals surface area contributed by atoms with Gasteiger partial charge in [-0.2, -0.15) is 0 Å². The van der Waals surface area contributed by atoms with Crippen molar-refractivity contribution in [3.8, 4) is 0 Å². The number of ether oxygens (including phenoxy) is 1. The summed E-state index contributed by atoms with van der Waals surface area (Å²) in [5, 5.41) is 8.93. The van der Waals surface area contributed by atoms with Gasteiger partial charge in [0.15, 0.2) is 6.10 Å². The van der Waals surface area contributed by atoms with Crippen LogP contribution in [0.2, 0.25) is 0 Å². The van der Waals surface area contributed by atoms with Crippen molar-refractivity contribution in [2.24, 2.45) is 5.92 Å². The Hall–Kier alpha value is -1.36. The van der Waals surface area contributed by atoms with Crippen molar-refractivity contribution in [3.05, 3.63) is 18.2 Å². The molecule has 0 spiro atoms. The molecule has 0 aliphatic carbocycles. The van der Waals surface area contributed by atoms with Gasteiger partial charge in [0, 0.05) is 31.0 Å². The summed E-state index contributed by atoms with van der Waals surface area (Å²) in [6.07, 6.45) is 3.64. The Labute approximate surface area is 87.7 Å². The standard InChI is InChI=1S/C10H14N2O3/c1-7-4-11-6-12(7)5-8-2-3-15-9(8)10(13)14/h4,6,8-9H,2-3,5H2,1H3,(H,13,14). The van der Waals surface area contributed by atoms with Crippen LogP contribution in [-0.4, -0.2) is 33.3 Å². The molecule has 2 atom stereocenters. The van der Waals surface area contributed by atoms with E-state index in [0.717, 1.165) is 12.1 Å². The second kappa shape index (κ2) is 4.02. The van der Waals surface area contributed by atoms with E-state index >= 15 is 0 Å². The molecule has 5 nitrogen and oxygen atoms in total. The summed E-state index contributed by atoms with van der Waals surface area (Å²) in [7, 11) is 0. The molecule has 5 heteroatoms. The van der Waals surface area contributed by atoms with Crippen molar-refractivity contribution in [1.29, 1.82) is 0 Å². The summed E-state index contributed by atoms with van der Waals surface area (Å²) >= 11 is 0. The van der Waals surface area contributed by atoms with Gasteiger partial charge in [-0.05, 0) is 13.3 Å². The van der Waals surface area contributed by atoms with Gasteiger partial charge in [-0.15, -0.1) is 0 Å². The summed E-state index contributed by atoms with van der Waals surface area (Å²) in [5.41, 5.74) is 1.05. The van der Waals surface area contributed by atoms with E-state index in [1.165, 1.54) is 0 Å². The third-order valence-electron chi connectivity index (χ3n) is 2.81. The molecule has 1 aliphatic heterocycles. The third-order valence-corrected chi connectivity index (χ3v) is 2.81. The lowest BCUT2D eigenvalue weighted by atomic mass is 10.0. The minimum Gasteiger partial charge on any atom is -0.479 e. The van der Waals surface area contributed by atoms with E-state index in [1.807, 2.05) is 11.5 Å². The van der Waals surface area contributed by atoms with Gasteiger partial charge < -0.3 is 14.4 Å². The molecule has 0 saturated carbocycles. The minimum atomic E-state index is -0.865. The van der Waals surface area contributed by atoms with E-state index in [0.29, 0.717) is 13.2 Å². The first-order valence-electron chi connectivity index (χ1n) is 4.99. The summed E-state index contributed by atoms with van der Waals surface area (Å²) in [6.45, 7) is 3.16. The Kier molecular flexibility index (Phi) is 2.73. The summed E-state index contributed by atoms with van der Waals surface area (Å²) in [5.74, 6) is -0.814. The Morgan fingerprint density at radius 3 is 3.20 bits per heavy atom. The topological polar surface area (TPSA) is 64.4 Å². The molecule has 1 aromatic rings. The van der Waals surface area contributed by atoms with Crippen molar-refractivity contribution >= 4 is 5.97 Å². The van der Waals surface area contributed by atoms with Crippen molar-refractivity contribution < 1.29 is 14.6 Å². The van der Waals surface area contributed by atoms with Crippen molar-refractivity contribution in [3.63, 3.8) is 0 Å². The number of hydrogen-bond acceptors (Lipinski definition) is 3. The van der Waals surface area contributed by atoms with Crippen LogP contribution >= 0.6 is 0 Å². The fourth-order valence-corrected chi connectivity index (χ4v) is 1.92. The largest absolute Gasteiger partial charge is 0.479 e.